The van der Waals surface area contributed by atoms with E-state index in [9.17, 15) is 9.59 Å². The molecule has 0 saturated carbocycles. The maximum Gasteiger partial charge on any atom is 0.344 e. The van der Waals surface area contributed by atoms with E-state index in [1.807, 2.05) is 18.2 Å². The second-order valence-corrected chi connectivity index (χ2v) is 8.44. The van der Waals surface area contributed by atoms with E-state index in [0.717, 1.165) is 5.56 Å². The maximum atomic E-state index is 12.8. The molecule has 1 aliphatic heterocycles. The molecule has 0 unspecified atom stereocenters. The van der Waals surface area contributed by atoms with E-state index >= 15 is 0 Å². The highest BCUT2D eigenvalue weighted by Gasteiger charge is 2.20. The first-order valence-electron chi connectivity index (χ1n) is 9.84. The van der Waals surface area contributed by atoms with Crippen molar-refractivity contribution >= 4 is 23.5 Å². The van der Waals surface area contributed by atoms with E-state index in [1.54, 1.807) is 49.9 Å². The summed E-state index contributed by atoms with van der Waals surface area (Å²) in [5.74, 6) is -0.0146. The largest absolute Gasteiger partial charge is 0.481 e. The highest BCUT2D eigenvalue weighted by atomic mass is 35.5. The number of ether oxygens (including phenoxy) is 3. The van der Waals surface area contributed by atoms with Crippen molar-refractivity contribution in [3.63, 3.8) is 0 Å². The van der Waals surface area contributed by atoms with E-state index in [2.05, 4.69) is 0 Å². The van der Waals surface area contributed by atoms with Gasteiger partial charge < -0.3 is 19.1 Å². The number of carbonyl (C=O) groups excluding carboxylic acids is 2. The number of morpholine rings is 1. The average molecular weight is 432 g/mol. The number of esters is 1. The molecule has 1 saturated heterocycles. The summed E-state index contributed by atoms with van der Waals surface area (Å²) in [7, 11) is 0. The Hall–Kier alpha value is -2.57. The summed E-state index contributed by atoms with van der Waals surface area (Å²) in [5, 5.41) is 0.527. The Morgan fingerprint density at radius 2 is 1.83 bits per heavy atom. The van der Waals surface area contributed by atoms with Crippen molar-refractivity contribution in [2.24, 2.45) is 0 Å². The van der Waals surface area contributed by atoms with E-state index in [-0.39, 0.29) is 12.5 Å². The van der Waals surface area contributed by atoms with Crippen LogP contribution >= 0.6 is 11.6 Å². The molecule has 0 bridgehead atoms. The molecule has 2 aromatic carbocycles. The van der Waals surface area contributed by atoms with Crippen LogP contribution in [-0.4, -0.2) is 55.3 Å². The zero-order chi connectivity index (χ0) is 21.7. The van der Waals surface area contributed by atoms with Gasteiger partial charge in [-0.25, -0.2) is 4.79 Å². The molecule has 0 aliphatic carbocycles. The minimum atomic E-state index is -0.586. The van der Waals surface area contributed by atoms with Crippen LogP contribution < -0.4 is 4.74 Å². The molecule has 0 radical (unpaired) electrons. The Kier molecular flexibility index (Phi) is 7.00. The van der Waals surface area contributed by atoms with Gasteiger partial charge in [0.15, 0.2) is 6.61 Å². The standard InChI is InChI=1S/C23H26ClNO5/c1-23(2,3)30-21(26)15-29-20-8-7-18(24)14-19(20)16-5-4-6-17(13-16)22(27)25-9-11-28-12-10-25/h4-8,13-14H,9-12,15H2,1-3H3. The second kappa shape index (κ2) is 9.49. The number of halogens is 1. The summed E-state index contributed by atoms with van der Waals surface area (Å²) in [6, 6.07) is 12.4. The predicted octanol–water partition coefficient (Wildman–Crippen LogP) is 4.20. The number of amides is 1. The molecule has 30 heavy (non-hydrogen) atoms. The van der Waals surface area contributed by atoms with Crippen molar-refractivity contribution in [1.82, 2.24) is 4.90 Å². The van der Waals surface area contributed by atoms with Crippen LogP contribution in [-0.2, 0) is 14.3 Å². The minimum absolute atomic E-state index is 0.0431. The first kappa shape index (κ1) is 22.1. The summed E-state index contributed by atoms with van der Waals surface area (Å²) >= 11 is 6.20. The molecule has 7 heteroatoms. The fourth-order valence-corrected chi connectivity index (χ4v) is 3.30. The second-order valence-electron chi connectivity index (χ2n) is 8.00. The molecule has 1 fully saturated rings. The molecule has 160 valence electrons. The van der Waals surface area contributed by atoms with Crippen LogP contribution in [0.3, 0.4) is 0 Å². The van der Waals surface area contributed by atoms with Crippen molar-refractivity contribution in [1.29, 1.82) is 0 Å². The first-order valence-corrected chi connectivity index (χ1v) is 10.2. The number of benzene rings is 2. The van der Waals surface area contributed by atoms with Gasteiger partial charge in [0.05, 0.1) is 13.2 Å². The van der Waals surface area contributed by atoms with Crippen molar-refractivity contribution < 1.29 is 23.8 Å². The molecule has 0 spiro atoms. The third-order valence-electron chi connectivity index (χ3n) is 4.43. The van der Waals surface area contributed by atoms with Crippen LogP contribution in [0.15, 0.2) is 42.5 Å². The maximum absolute atomic E-state index is 12.8. The normalized spacial score (nSPS) is 14.3. The lowest BCUT2D eigenvalue weighted by Crippen LogP contribution is -2.40. The van der Waals surface area contributed by atoms with Crippen LogP contribution in [0.25, 0.3) is 11.1 Å². The lowest BCUT2D eigenvalue weighted by molar-refractivity contribution is -0.157. The van der Waals surface area contributed by atoms with Crippen molar-refractivity contribution in [2.75, 3.05) is 32.9 Å². The number of carbonyl (C=O) groups is 2. The van der Waals surface area contributed by atoms with Gasteiger partial charge in [0, 0.05) is 29.2 Å². The van der Waals surface area contributed by atoms with Gasteiger partial charge in [-0.15, -0.1) is 0 Å². The zero-order valence-corrected chi connectivity index (χ0v) is 18.2. The summed E-state index contributed by atoms with van der Waals surface area (Å²) in [6.07, 6.45) is 0. The number of rotatable bonds is 5. The van der Waals surface area contributed by atoms with Crippen molar-refractivity contribution in [3.8, 4) is 16.9 Å². The van der Waals surface area contributed by atoms with Crippen LogP contribution in [0.1, 0.15) is 31.1 Å². The average Bonchev–Trinajstić information content (AvgIpc) is 2.72. The predicted molar refractivity (Wildman–Crippen MR) is 115 cm³/mol. The Labute approximate surface area is 181 Å². The summed E-state index contributed by atoms with van der Waals surface area (Å²) < 4.78 is 16.3. The van der Waals surface area contributed by atoms with Gasteiger partial charge in [0.25, 0.3) is 5.91 Å². The monoisotopic (exact) mass is 431 g/mol. The number of hydrogen-bond donors (Lipinski definition) is 0. The van der Waals surface area contributed by atoms with Crippen LogP contribution in [0.5, 0.6) is 5.75 Å². The highest BCUT2D eigenvalue weighted by Crippen LogP contribution is 2.33. The Balaban J connectivity index is 1.82. The fraction of sp³-hybridized carbons (Fsp3) is 0.391. The first-order chi connectivity index (χ1) is 14.2. The quantitative estimate of drug-likeness (QED) is 0.664. The third kappa shape index (κ3) is 5.97. The zero-order valence-electron chi connectivity index (χ0n) is 17.4. The summed E-state index contributed by atoms with van der Waals surface area (Å²) in [4.78, 5) is 26.6. The lowest BCUT2D eigenvalue weighted by atomic mass is 10.0. The van der Waals surface area contributed by atoms with Crippen molar-refractivity contribution in [3.05, 3.63) is 53.1 Å². The highest BCUT2D eigenvalue weighted by molar-refractivity contribution is 6.31. The molecular formula is C23H26ClNO5. The Morgan fingerprint density at radius 1 is 1.10 bits per heavy atom. The van der Waals surface area contributed by atoms with Crippen LogP contribution in [0, 0.1) is 0 Å². The molecule has 2 aromatic rings. The van der Waals surface area contributed by atoms with Gasteiger partial charge >= 0.3 is 5.97 Å². The Morgan fingerprint density at radius 3 is 2.53 bits per heavy atom. The van der Waals surface area contributed by atoms with Gasteiger partial charge in [-0.05, 0) is 56.7 Å². The Bertz CT molecular complexity index is 916. The molecule has 1 amide bonds. The topological polar surface area (TPSA) is 65.1 Å². The number of hydrogen-bond acceptors (Lipinski definition) is 5. The number of nitrogens with zero attached hydrogens (tertiary/aromatic N) is 1. The molecule has 3 rings (SSSR count). The SMILES string of the molecule is CC(C)(C)OC(=O)COc1ccc(Cl)cc1-c1cccc(C(=O)N2CCOCC2)c1. The smallest absolute Gasteiger partial charge is 0.344 e. The van der Waals surface area contributed by atoms with E-state index in [4.69, 9.17) is 25.8 Å². The molecule has 0 atom stereocenters. The van der Waals surface area contributed by atoms with Gasteiger partial charge in [0.1, 0.15) is 11.4 Å². The van der Waals surface area contributed by atoms with E-state index in [0.29, 0.717) is 48.2 Å². The van der Waals surface area contributed by atoms with Crippen LogP contribution in [0.2, 0.25) is 5.02 Å². The molecule has 1 aliphatic rings. The molecule has 0 aromatic heterocycles. The third-order valence-corrected chi connectivity index (χ3v) is 4.66. The van der Waals surface area contributed by atoms with Crippen LogP contribution in [0.4, 0.5) is 0 Å². The molecule has 6 nitrogen and oxygen atoms in total. The fourth-order valence-electron chi connectivity index (χ4n) is 3.13. The summed E-state index contributed by atoms with van der Waals surface area (Å²) in [5.41, 5.74) is 1.46. The van der Waals surface area contributed by atoms with E-state index in [1.165, 1.54) is 0 Å². The van der Waals surface area contributed by atoms with Gasteiger partial charge in [0.2, 0.25) is 0 Å². The van der Waals surface area contributed by atoms with Gasteiger partial charge in [-0.1, -0.05) is 23.7 Å². The van der Waals surface area contributed by atoms with Gasteiger partial charge in [-0.3, -0.25) is 4.79 Å². The van der Waals surface area contributed by atoms with Gasteiger partial charge in [-0.2, -0.15) is 0 Å². The molecule has 0 N–H and O–H groups in total. The lowest BCUT2D eigenvalue weighted by Gasteiger charge is -2.27. The van der Waals surface area contributed by atoms with E-state index < -0.39 is 11.6 Å². The molecule has 1 heterocycles. The molecular weight excluding hydrogens is 406 g/mol. The van der Waals surface area contributed by atoms with Crippen molar-refractivity contribution in [2.45, 2.75) is 26.4 Å². The summed E-state index contributed by atoms with van der Waals surface area (Å²) in [6.45, 7) is 7.42. The minimum Gasteiger partial charge on any atom is -0.481 e.